The Labute approximate surface area is 96.1 Å². The fourth-order valence-corrected chi connectivity index (χ4v) is 1.83. The van der Waals surface area contributed by atoms with Crippen molar-refractivity contribution in [2.75, 3.05) is 11.6 Å². The van der Waals surface area contributed by atoms with Crippen molar-refractivity contribution >= 4 is 41.1 Å². The molecular weight excluding hydrogens is 228 g/mol. The SMILES string of the molecule is Clc1ccc2o[c]nc2c1N1C=NC=NC1. The Morgan fingerprint density at radius 1 is 1.44 bits per heavy atom. The Bertz CT molecular complexity index is 590. The number of hydrogen-bond donors (Lipinski definition) is 0. The second-order valence-electron chi connectivity index (χ2n) is 3.22. The lowest BCUT2D eigenvalue weighted by Crippen LogP contribution is -2.24. The monoisotopic (exact) mass is 233 g/mol. The fraction of sp³-hybridized carbons (Fsp3) is 0.100. The van der Waals surface area contributed by atoms with Crippen LogP contribution in [-0.4, -0.2) is 24.3 Å². The molecule has 2 heterocycles. The van der Waals surface area contributed by atoms with Crippen molar-refractivity contribution in [2.45, 2.75) is 0 Å². The number of hydrogen-bond acceptors (Lipinski definition) is 5. The van der Waals surface area contributed by atoms with Crippen molar-refractivity contribution in [2.24, 2.45) is 9.98 Å². The molecular formula is C10H6ClN4O. The largest absolute Gasteiger partial charge is 0.432 e. The van der Waals surface area contributed by atoms with Gasteiger partial charge in [-0.05, 0) is 12.1 Å². The summed E-state index contributed by atoms with van der Waals surface area (Å²) in [4.78, 5) is 13.8. The van der Waals surface area contributed by atoms with E-state index < -0.39 is 0 Å². The fourth-order valence-electron chi connectivity index (χ4n) is 1.56. The molecule has 0 spiro atoms. The molecule has 0 N–H and O–H groups in total. The maximum Gasteiger partial charge on any atom is 0.284 e. The first-order valence-electron chi connectivity index (χ1n) is 4.59. The third kappa shape index (κ3) is 1.37. The smallest absolute Gasteiger partial charge is 0.284 e. The molecule has 0 aliphatic carbocycles. The van der Waals surface area contributed by atoms with E-state index in [2.05, 4.69) is 21.4 Å². The van der Waals surface area contributed by atoms with Gasteiger partial charge in [0.25, 0.3) is 6.39 Å². The highest BCUT2D eigenvalue weighted by Gasteiger charge is 2.16. The first-order chi connectivity index (χ1) is 7.86. The second-order valence-corrected chi connectivity index (χ2v) is 3.63. The lowest BCUT2D eigenvalue weighted by molar-refractivity contribution is 0.591. The van der Waals surface area contributed by atoms with Crippen LogP contribution in [0.25, 0.3) is 11.1 Å². The standard InChI is InChI=1S/C10H6ClN4O/c11-7-1-2-8-9(14-6-16-8)10(7)15-4-12-3-13-5-15/h1-4H,5H2. The van der Waals surface area contributed by atoms with E-state index in [0.29, 0.717) is 22.8 Å². The molecule has 79 valence electrons. The van der Waals surface area contributed by atoms with E-state index in [-0.39, 0.29) is 0 Å². The number of fused-ring (bicyclic) bond motifs is 1. The summed E-state index contributed by atoms with van der Waals surface area (Å²) in [7, 11) is 0. The minimum absolute atomic E-state index is 0.467. The van der Waals surface area contributed by atoms with E-state index in [0.717, 1.165) is 5.69 Å². The van der Waals surface area contributed by atoms with Gasteiger partial charge in [-0.3, -0.25) is 4.99 Å². The van der Waals surface area contributed by atoms with Crippen LogP contribution in [0.2, 0.25) is 5.02 Å². The summed E-state index contributed by atoms with van der Waals surface area (Å²) >= 11 is 6.14. The van der Waals surface area contributed by atoms with E-state index in [4.69, 9.17) is 16.0 Å². The summed E-state index contributed by atoms with van der Waals surface area (Å²) in [6, 6.07) is 3.51. The number of halogens is 1. The Morgan fingerprint density at radius 2 is 2.38 bits per heavy atom. The third-order valence-electron chi connectivity index (χ3n) is 2.25. The van der Waals surface area contributed by atoms with Gasteiger partial charge in [-0.25, -0.2) is 9.98 Å². The van der Waals surface area contributed by atoms with E-state index >= 15 is 0 Å². The Morgan fingerprint density at radius 3 is 3.19 bits per heavy atom. The van der Waals surface area contributed by atoms with E-state index in [9.17, 15) is 0 Å². The zero-order chi connectivity index (χ0) is 11.0. The summed E-state index contributed by atoms with van der Waals surface area (Å²) in [5.41, 5.74) is 2.04. The van der Waals surface area contributed by atoms with Gasteiger partial charge in [0.05, 0.1) is 17.0 Å². The maximum absolute atomic E-state index is 6.14. The van der Waals surface area contributed by atoms with E-state index in [1.807, 2.05) is 0 Å². The maximum atomic E-state index is 6.14. The average molecular weight is 234 g/mol. The number of nitrogens with zero attached hydrogens (tertiary/aromatic N) is 4. The van der Waals surface area contributed by atoms with Gasteiger partial charge in [0.15, 0.2) is 5.58 Å². The van der Waals surface area contributed by atoms with Crippen LogP contribution in [0.1, 0.15) is 0 Å². The van der Waals surface area contributed by atoms with Gasteiger partial charge in [0.1, 0.15) is 18.5 Å². The third-order valence-corrected chi connectivity index (χ3v) is 2.56. The zero-order valence-electron chi connectivity index (χ0n) is 8.09. The van der Waals surface area contributed by atoms with Crippen LogP contribution < -0.4 is 4.90 Å². The van der Waals surface area contributed by atoms with Crippen molar-refractivity contribution in [1.82, 2.24) is 4.98 Å². The molecule has 0 bridgehead atoms. The Kier molecular flexibility index (Phi) is 2.11. The molecule has 1 aliphatic heterocycles. The van der Waals surface area contributed by atoms with Gasteiger partial charge in [0, 0.05) is 0 Å². The topological polar surface area (TPSA) is 54.0 Å². The second kappa shape index (κ2) is 3.61. The molecule has 0 unspecified atom stereocenters. The molecule has 3 rings (SSSR count). The molecule has 1 radical (unpaired) electrons. The van der Waals surface area contributed by atoms with Gasteiger partial charge in [-0.2, -0.15) is 0 Å². The molecule has 1 aromatic heterocycles. The Hall–Kier alpha value is -1.88. The van der Waals surface area contributed by atoms with Crippen LogP contribution in [0.5, 0.6) is 0 Å². The van der Waals surface area contributed by atoms with Gasteiger partial charge in [-0.1, -0.05) is 11.6 Å². The highest BCUT2D eigenvalue weighted by molar-refractivity contribution is 6.35. The van der Waals surface area contributed by atoms with E-state index in [1.165, 1.54) is 6.34 Å². The zero-order valence-corrected chi connectivity index (χ0v) is 8.85. The minimum Gasteiger partial charge on any atom is -0.432 e. The van der Waals surface area contributed by atoms with Gasteiger partial charge in [0.2, 0.25) is 0 Å². The number of anilines is 1. The number of rotatable bonds is 1. The van der Waals surface area contributed by atoms with Crippen LogP contribution in [0, 0.1) is 6.39 Å². The summed E-state index contributed by atoms with van der Waals surface area (Å²) in [5.74, 6) is 0. The molecule has 1 aliphatic rings. The molecule has 1 aromatic carbocycles. The van der Waals surface area contributed by atoms with Crippen molar-refractivity contribution in [3.63, 3.8) is 0 Å². The van der Waals surface area contributed by atoms with Gasteiger partial charge >= 0.3 is 0 Å². The summed E-state index contributed by atoms with van der Waals surface area (Å²) in [6.45, 7) is 0.467. The average Bonchev–Trinajstić information content (AvgIpc) is 2.78. The molecule has 0 amide bonds. The van der Waals surface area contributed by atoms with Crippen LogP contribution >= 0.6 is 11.6 Å². The van der Waals surface area contributed by atoms with Gasteiger partial charge < -0.3 is 9.32 Å². The summed E-state index contributed by atoms with van der Waals surface area (Å²) in [6.07, 6.45) is 5.61. The van der Waals surface area contributed by atoms with Crippen LogP contribution in [-0.2, 0) is 0 Å². The number of oxazole rings is 1. The normalized spacial score (nSPS) is 14.9. The highest BCUT2D eigenvalue weighted by atomic mass is 35.5. The lowest BCUT2D eigenvalue weighted by atomic mass is 10.2. The molecule has 5 nitrogen and oxygen atoms in total. The van der Waals surface area contributed by atoms with Crippen LogP contribution in [0.3, 0.4) is 0 Å². The van der Waals surface area contributed by atoms with Crippen LogP contribution in [0.4, 0.5) is 5.69 Å². The first kappa shape index (κ1) is 9.35. The molecule has 0 saturated heterocycles. The molecule has 0 fully saturated rings. The molecule has 0 atom stereocenters. The summed E-state index contributed by atoms with van der Waals surface area (Å²) in [5, 5.41) is 0.582. The predicted molar refractivity (Wildman–Crippen MR) is 62.2 cm³/mol. The van der Waals surface area contributed by atoms with Gasteiger partial charge in [-0.15, -0.1) is 0 Å². The van der Waals surface area contributed by atoms with Crippen molar-refractivity contribution < 1.29 is 4.42 Å². The Balaban J connectivity index is 2.20. The molecule has 0 saturated carbocycles. The summed E-state index contributed by atoms with van der Waals surface area (Å²) < 4.78 is 5.10. The number of aliphatic imine (C=N–C) groups is 2. The predicted octanol–water partition coefficient (Wildman–Crippen LogP) is 2.12. The van der Waals surface area contributed by atoms with Crippen molar-refractivity contribution in [1.29, 1.82) is 0 Å². The molecule has 6 heteroatoms. The first-order valence-corrected chi connectivity index (χ1v) is 4.97. The van der Waals surface area contributed by atoms with E-state index in [1.54, 1.807) is 23.4 Å². The molecule has 16 heavy (non-hydrogen) atoms. The quantitative estimate of drug-likeness (QED) is 0.758. The number of aromatic nitrogens is 1. The number of benzene rings is 1. The molecule has 2 aromatic rings. The lowest BCUT2D eigenvalue weighted by Gasteiger charge is -2.19. The minimum atomic E-state index is 0.467. The van der Waals surface area contributed by atoms with Crippen molar-refractivity contribution in [3.8, 4) is 0 Å². The van der Waals surface area contributed by atoms with Crippen molar-refractivity contribution in [3.05, 3.63) is 23.5 Å². The van der Waals surface area contributed by atoms with Crippen LogP contribution in [0.15, 0.2) is 26.5 Å². The highest BCUT2D eigenvalue weighted by Crippen LogP contribution is 2.32.